The number of hydrogen-bond donors (Lipinski definition) is 0. The van der Waals surface area contributed by atoms with Gasteiger partial charge in [-0.3, -0.25) is 0 Å². The van der Waals surface area contributed by atoms with Crippen LogP contribution in [0.1, 0.15) is 0 Å². The highest BCUT2D eigenvalue weighted by Crippen LogP contribution is 2.20. The summed E-state index contributed by atoms with van der Waals surface area (Å²) in [5.41, 5.74) is 0. The quantitative estimate of drug-likeness (QED) is 0.864. The van der Waals surface area contributed by atoms with Gasteiger partial charge in [0.25, 0.3) is 0 Å². The molecule has 1 aromatic carbocycles. The van der Waals surface area contributed by atoms with Crippen molar-refractivity contribution in [3.8, 4) is 0 Å². The van der Waals surface area contributed by atoms with Crippen molar-refractivity contribution in [1.82, 2.24) is 9.29 Å². The molecule has 0 unspecified atom stereocenters. The van der Waals surface area contributed by atoms with Crippen LogP contribution in [0, 0.1) is 5.82 Å². The number of rotatable bonds is 3. The number of anilines is 1. The fourth-order valence-electron chi connectivity index (χ4n) is 2.47. The highest BCUT2D eigenvalue weighted by atomic mass is 32.2. The van der Waals surface area contributed by atoms with Gasteiger partial charge in [-0.05, 0) is 30.3 Å². The van der Waals surface area contributed by atoms with Crippen LogP contribution in [-0.4, -0.2) is 43.9 Å². The number of pyridine rings is 1. The van der Waals surface area contributed by atoms with Crippen LogP contribution in [0.5, 0.6) is 0 Å². The normalized spacial score (nSPS) is 16.7. The zero-order valence-corrected chi connectivity index (χ0v) is 12.7. The Morgan fingerprint density at radius 3 is 2.41 bits per heavy atom. The lowest BCUT2D eigenvalue weighted by Crippen LogP contribution is -2.48. The summed E-state index contributed by atoms with van der Waals surface area (Å²) in [5.74, 6) is 0.290. The Morgan fingerprint density at radius 2 is 1.77 bits per heavy atom. The monoisotopic (exact) mass is 321 g/mol. The summed E-state index contributed by atoms with van der Waals surface area (Å²) in [6.07, 6.45) is 1.71. The topological polar surface area (TPSA) is 53.5 Å². The molecule has 0 bridgehead atoms. The van der Waals surface area contributed by atoms with E-state index in [9.17, 15) is 12.8 Å². The number of nitrogens with zero attached hydrogens (tertiary/aromatic N) is 3. The third-order valence-electron chi connectivity index (χ3n) is 3.65. The minimum absolute atomic E-state index is 0.00112. The summed E-state index contributed by atoms with van der Waals surface area (Å²) in [7, 11) is -3.64. The molecular formula is C15H16FN3O2S. The average molecular weight is 321 g/mol. The summed E-state index contributed by atoms with van der Waals surface area (Å²) in [4.78, 5) is 6.31. The smallest absolute Gasteiger partial charge is 0.243 e. The first-order valence-electron chi connectivity index (χ1n) is 6.99. The molecule has 1 saturated heterocycles. The van der Waals surface area contributed by atoms with Crippen molar-refractivity contribution in [3.63, 3.8) is 0 Å². The van der Waals surface area contributed by atoms with Crippen LogP contribution in [0.4, 0.5) is 10.2 Å². The molecule has 0 amide bonds. The molecule has 0 saturated carbocycles. The molecule has 2 aromatic rings. The Labute approximate surface area is 129 Å². The first-order valence-corrected chi connectivity index (χ1v) is 8.43. The van der Waals surface area contributed by atoms with Crippen LogP contribution in [0.3, 0.4) is 0 Å². The summed E-state index contributed by atoms with van der Waals surface area (Å²) in [6, 6.07) is 10.8. The molecule has 116 valence electrons. The largest absolute Gasteiger partial charge is 0.354 e. The van der Waals surface area contributed by atoms with E-state index >= 15 is 0 Å². The highest BCUT2D eigenvalue weighted by Gasteiger charge is 2.29. The first-order chi connectivity index (χ1) is 10.6. The lowest BCUT2D eigenvalue weighted by molar-refractivity contribution is 0.383. The molecule has 0 atom stereocenters. The molecule has 3 rings (SSSR count). The van der Waals surface area contributed by atoms with Crippen LogP contribution >= 0.6 is 0 Å². The Bertz CT molecular complexity index is 744. The Balaban J connectivity index is 1.73. The van der Waals surface area contributed by atoms with Gasteiger partial charge in [0.15, 0.2) is 0 Å². The van der Waals surface area contributed by atoms with Gasteiger partial charge in [0.05, 0.1) is 4.90 Å². The summed E-state index contributed by atoms with van der Waals surface area (Å²) < 4.78 is 39.7. The Morgan fingerprint density at radius 1 is 1.00 bits per heavy atom. The van der Waals surface area contributed by atoms with E-state index in [0.29, 0.717) is 26.2 Å². The van der Waals surface area contributed by atoms with E-state index in [-0.39, 0.29) is 4.90 Å². The van der Waals surface area contributed by atoms with Crippen LogP contribution in [-0.2, 0) is 10.0 Å². The Kier molecular flexibility index (Phi) is 4.08. The molecule has 2 heterocycles. The molecule has 1 fully saturated rings. The van der Waals surface area contributed by atoms with Gasteiger partial charge in [-0.2, -0.15) is 4.31 Å². The van der Waals surface area contributed by atoms with Gasteiger partial charge in [0.1, 0.15) is 11.6 Å². The van der Waals surface area contributed by atoms with Crippen molar-refractivity contribution in [3.05, 3.63) is 54.5 Å². The maximum absolute atomic E-state index is 13.2. The van der Waals surface area contributed by atoms with Gasteiger partial charge in [0.2, 0.25) is 10.0 Å². The second-order valence-corrected chi connectivity index (χ2v) is 6.97. The zero-order valence-electron chi connectivity index (χ0n) is 11.9. The van der Waals surface area contributed by atoms with Crippen LogP contribution in [0.2, 0.25) is 0 Å². The molecule has 0 spiro atoms. The number of aromatic nitrogens is 1. The number of piperazine rings is 1. The predicted molar refractivity (Wildman–Crippen MR) is 81.6 cm³/mol. The number of benzene rings is 1. The van der Waals surface area contributed by atoms with Crippen LogP contribution < -0.4 is 4.90 Å². The number of hydrogen-bond acceptors (Lipinski definition) is 4. The standard InChI is InChI=1S/C15H16FN3O2S/c16-13-4-3-5-14(12-13)22(20,21)19-10-8-18(9-11-19)15-6-1-2-7-17-15/h1-7,12H,8-11H2. The van der Waals surface area contributed by atoms with E-state index < -0.39 is 15.8 Å². The van der Waals surface area contributed by atoms with Crippen molar-refractivity contribution in [1.29, 1.82) is 0 Å². The average Bonchev–Trinajstić information content (AvgIpc) is 2.56. The van der Waals surface area contributed by atoms with Crippen LogP contribution in [0.15, 0.2) is 53.6 Å². The summed E-state index contributed by atoms with van der Waals surface area (Å²) >= 11 is 0. The zero-order chi connectivity index (χ0) is 15.6. The molecule has 22 heavy (non-hydrogen) atoms. The van der Waals surface area contributed by atoms with E-state index in [4.69, 9.17) is 0 Å². The lowest BCUT2D eigenvalue weighted by atomic mass is 10.3. The number of halogens is 1. The van der Waals surface area contributed by atoms with Gasteiger partial charge in [-0.1, -0.05) is 12.1 Å². The third-order valence-corrected chi connectivity index (χ3v) is 5.54. The van der Waals surface area contributed by atoms with Crippen molar-refractivity contribution < 1.29 is 12.8 Å². The van der Waals surface area contributed by atoms with Crippen molar-refractivity contribution in [2.45, 2.75) is 4.90 Å². The first kappa shape index (κ1) is 14.9. The maximum Gasteiger partial charge on any atom is 0.243 e. The highest BCUT2D eigenvalue weighted by molar-refractivity contribution is 7.89. The molecule has 0 aliphatic carbocycles. The van der Waals surface area contributed by atoms with E-state index in [1.807, 2.05) is 23.1 Å². The molecule has 1 aromatic heterocycles. The predicted octanol–water partition coefficient (Wildman–Crippen LogP) is 1.73. The molecule has 0 radical (unpaired) electrons. The second-order valence-electron chi connectivity index (χ2n) is 5.04. The lowest BCUT2D eigenvalue weighted by Gasteiger charge is -2.34. The molecular weight excluding hydrogens is 305 g/mol. The van der Waals surface area contributed by atoms with Gasteiger partial charge in [0, 0.05) is 32.4 Å². The summed E-state index contributed by atoms with van der Waals surface area (Å²) in [5, 5.41) is 0. The number of sulfonamides is 1. The second kappa shape index (κ2) is 6.02. The van der Waals surface area contributed by atoms with Gasteiger partial charge >= 0.3 is 0 Å². The van der Waals surface area contributed by atoms with Crippen molar-refractivity contribution >= 4 is 15.8 Å². The molecule has 1 aliphatic heterocycles. The fraction of sp³-hybridized carbons (Fsp3) is 0.267. The van der Waals surface area contributed by atoms with E-state index in [0.717, 1.165) is 11.9 Å². The van der Waals surface area contributed by atoms with Gasteiger partial charge in [-0.25, -0.2) is 17.8 Å². The van der Waals surface area contributed by atoms with E-state index in [1.165, 1.54) is 22.5 Å². The minimum Gasteiger partial charge on any atom is -0.354 e. The molecule has 0 N–H and O–H groups in total. The summed E-state index contributed by atoms with van der Waals surface area (Å²) in [6.45, 7) is 1.84. The maximum atomic E-state index is 13.2. The van der Waals surface area contributed by atoms with Crippen LogP contribution in [0.25, 0.3) is 0 Å². The Hall–Kier alpha value is -1.99. The molecule has 1 aliphatic rings. The molecule has 7 heteroatoms. The van der Waals surface area contributed by atoms with Gasteiger partial charge in [-0.15, -0.1) is 0 Å². The molecule has 5 nitrogen and oxygen atoms in total. The van der Waals surface area contributed by atoms with E-state index in [1.54, 1.807) is 6.20 Å². The van der Waals surface area contributed by atoms with Crippen molar-refractivity contribution in [2.24, 2.45) is 0 Å². The van der Waals surface area contributed by atoms with Crippen molar-refractivity contribution in [2.75, 3.05) is 31.1 Å². The fourth-order valence-corrected chi connectivity index (χ4v) is 3.93. The van der Waals surface area contributed by atoms with E-state index in [2.05, 4.69) is 4.98 Å². The SMILES string of the molecule is O=S(=O)(c1cccc(F)c1)N1CCN(c2ccccn2)CC1. The minimum atomic E-state index is -3.64. The third kappa shape index (κ3) is 2.95. The van der Waals surface area contributed by atoms with Gasteiger partial charge < -0.3 is 4.90 Å².